The van der Waals surface area contributed by atoms with Crippen LogP contribution in [0.5, 0.6) is 0 Å². The van der Waals surface area contributed by atoms with E-state index >= 15 is 0 Å². The molecular formula is C15H16BrFN2. The fourth-order valence-electron chi connectivity index (χ4n) is 2.05. The van der Waals surface area contributed by atoms with Gasteiger partial charge in [-0.05, 0) is 34.5 Å². The minimum absolute atomic E-state index is 0.305. The molecule has 2 rings (SSSR count). The third-order valence-electron chi connectivity index (χ3n) is 2.98. The highest BCUT2D eigenvalue weighted by molar-refractivity contribution is 9.10. The number of anilines is 2. The van der Waals surface area contributed by atoms with Crippen LogP contribution < -0.4 is 10.6 Å². The van der Waals surface area contributed by atoms with Gasteiger partial charge in [-0.1, -0.05) is 29.8 Å². The third-order valence-corrected chi connectivity index (χ3v) is 3.59. The van der Waals surface area contributed by atoms with Gasteiger partial charge in [0.15, 0.2) is 0 Å². The Morgan fingerprint density at radius 2 is 2.00 bits per heavy atom. The fourth-order valence-corrected chi connectivity index (χ4v) is 2.41. The van der Waals surface area contributed by atoms with E-state index in [2.05, 4.69) is 41.1 Å². The first kappa shape index (κ1) is 13.9. The van der Waals surface area contributed by atoms with Gasteiger partial charge < -0.3 is 10.6 Å². The largest absolute Gasteiger partial charge is 0.397 e. The van der Waals surface area contributed by atoms with Crippen LogP contribution in [0.1, 0.15) is 11.1 Å². The normalized spacial score (nSPS) is 10.5. The van der Waals surface area contributed by atoms with Crippen LogP contribution in [0.3, 0.4) is 0 Å². The van der Waals surface area contributed by atoms with E-state index in [-0.39, 0.29) is 5.82 Å². The van der Waals surface area contributed by atoms with Gasteiger partial charge in [0.25, 0.3) is 0 Å². The first-order chi connectivity index (χ1) is 8.97. The fraction of sp³-hybridized carbons (Fsp3) is 0.200. The van der Waals surface area contributed by atoms with Crippen molar-refractivity contribution >= 4 is 27.3 Å². The molecule has 0 aromatic heterocycles. The molecule has 0 unspecified atom stereocenters. The Labute approximate surface area is 121 Å². The highest BCUT2D eigenvalue weighted by Gasteiger charge is 2.10. The number of nitrogens with zero attached hydrogens (tertiary/aromatic N) is 1. The van der Waals surface area contributed by atoms with Crippen LogP contribution in [0.2, 0.25) is 0 Å². The monoisotopic (exact) mass is 322 g/mol. The molecule has 0 saturated carbocycles. The molecular weight excluding hydrogens is 307 g/mol. The Hall–Kier alpha value is -1.55. The molecule has 4 heteroatoms. The van der Waals surface area contributed by atoms with Gasteiger partial charge in [0.05, 0.1) is 15.8 Å². The van der Waals surface area contributed by atoms with Gasteiger partial charge in [-0.3, -0.25) is 0 Å². The highest BCUT2D eigenvalue weighted by Crippen LogP contribution is 2.29. The summed E-state index contributed by atoms with van der Waals surface area (Å²) in [5.74, 6) is -0.305. The lowest BCUT2D eigenvalue weighted by atomic mass is 10.1. The molecule has 100 valence electrons. The van der Waals surface area contributed by atoms with Crippen LogP contribution in [-0.2, 0) is 6.54 Å². The zero-order chi connectivity index (χ0) is 14.0. The summed E-state index contributed by atoms with van der Waals surface area (Å²) in [7, 11) is 1.90. The molecule has 0 aliphatic heterocycles. The molecule has 0 fully saturated rings. The van der Waals surface area contributed by atoms with Crippen LogP contribution in [0.25, 0.3) is 0 Å². The second kappa shape index (κ2) is 5.61. The molecule has 0 bridgehead atoms. The standard InChI is InChI=1S/C15H16BrFN2/c1-10-4-3-5-11(6-10)9-19(2)15-8-13(17)12(16)7-14(15)18/h3-8H,9,18H2,1-2H3. The summed E-state index contributed by atoms with van der Waals surface area (Å²) in [5, 5.41) is 0. The maximum absolute atomic E-state index is 13.6. The number of hydrogen-bond donors (Lipinski definition) is 1. The molecule has 2 aromatic rings. The Bertz CT molecular complexity index is 599. The van der Waals surface area contributed by atoms with Crippen molar-refractivity contribution in [1.82, 2.24) is 0 Å². The van der Waals surface area contributed by atoms with Gasteiger partial charge in [0.2, 0.25) is 0 Å². The molecule has 0 spiro atoms. The van der Waals surface area contributed by atoms with E-state index in [4.69, 9.17) is 5.73 Å². The van der Waals surface area contributed by atoms with Crippen LogP contribution in [0.4, 0.5) is 15.8 Å². The van der Waals surface area contributed by atoms with Gasteiger partial charge in [-0.15, -0.1) is 0 Å². The zero-order valence-electron chi connectivity index (χ0n) is 11.0. The Morgan fingerprint density at radius 1 is 1.26 bits per heavy atom. The molecule has 0 radical (unpaired) electrons. The summed E-state index contributed by atoms with van der Waals surface area (Å²) in [6, 6.07) is 11.3. The lowest BCUT2D eigenvalue weighted by Crippen LogP contribution is -2.18. The van der Waals surface area contributed by atoms with Crippen molar-refractivity contribution in [2.45, 2.75) is 13.5 Å². The van der Waals surface area contributed by atoms with Crippen LogP contribution >= 0.6 is 15.9 Å². The summed E-state index contributed by atoms with van der Waals surface area (Å²) in [4.78, 5) is 1.94. The van der Waals surface area contributed by atoms with Crippen molar-refractivity contribution in [2.24, 2.45) is 0 Å². The number of nitrogens with two attached hydrogens (primary N) is 1. The van der Waals surface area contributed by atoms with E-state index in [9.17, 15) is 4.39 Å². The van der Waals surface area contributed by atoms with Crippen LogP contribution in [0, 0.1) is 12.7 Å². The quantitative estimate of drug-likeness (QED) is 0.861. The Morgan fingerprint density at radius 3 is 2.68 bits per heavy atom. The lowest BCUT2D eigenvalue weighted by Gasteiger charge is -2.21. The predicted octanol–water partition coefficient (Wildman–Crippen LogP) is 4.12. The second-order valence-electron chi connectivity index (χ2n) is 4.67. The number of aryl methyl sites for hydroxylation is 1. The van der Waals surface area contributed by atoms with Crippen molar-refractivity contribution in [1.29, 1.82) is 0 Å². The summed E-state index contributed by atoms with van der Waals surface area (Å²) < 4.78 is 14.0. The maximum Gasteiger partial charge on any atom is 0.139 e. The summed E-state index contributed by atoms with van der Waals surface area (Å²) in [6.45, 7) is 2.74. The summed E-state index contributed by atoms with van der Waals surface area (Å²) >= 11 is 3.13. The highest BCUT2D eigenvalue weighted by atomic mass is 79.9. The van der Waals surface area contributed by atoms with Gasteiger partial charge in [0.1, 0.15) is 5.82 Å². The van der Waals surface area contributed by atoms with E-state index in [1.807, 2.05) is 18.0 Å². The molecule has 2 aromatic carbocycles. The summed E-state index contributed by atoms with van der Waals surface area (Å²) in [6.07, 6.45) is 0. The first-order valence-corrected chi connectivity index (χ1v) is 6.78. The second-order valence-corrected chi connectivity index (χ2v) is 5.52. The molecule has 19 heavy (non-hydrogen) atoms. The first-order valence-electron chi connectivity index (χ1n) is 5.98. The maximum atomic E-state index is 13.6. The van der Waals surface area contributed by atoms with Crippen molar-refractivity contribution < 1.29 is 4.39 Å². The van der Waals surface area contributed by atoms with E-state index in [0.717, 1.165) is 0 Å². The minimum atomic E-state index is -0.305. The number of nitrogen functional groups attached to an aromatic ring is 1. The van der Waals surface area contributed by atoms with E-state index in [1.54, 1.807) is 6.07 Å². The zero-order valence-corrected chi connectivity index (χ0v) is 12.5. The van der Waals surface area contributed by atoms with Crippen molar-refractivity contribution in [3.8, 4) is 0 Å². The molecule has 2 nitrogen and oxygen atoms in total. The molecule has 0 heterocycles. The van der Waals surface area contributed by atoms with E-state index < -0.39 is 0 Å². The van der Waals surface area contributed by atoms with Gasteiger partial charge in [-0.25, -0.2) is 4.39 Å². The topological polar surface area (TPSA) is 29.3 Å². The predicted molar refractivity (Wildman–Crippen MR) is 81.8 cm³/mol. The third kappa shape index (κ3) is 3.26. The average Bonchev–Trinajstić information content (AvgIpc) is 2.33. The minimum Gasteiger partial charge on any atom is -0.397 e. The molecule has 0 aliphatic rings. The van der Waals surface area contributed by atoms with Crippen molar-refractivity contribution in [3.63, 3.8) is 0 Å². The van der Waals surface area contributed by atoms with Crippen molar-refractivity contribution in [3.05, 3.63) is 57.8 Å². The molecule has 0 atom stereocenters. The number of rotatable bonds is 3. The Balaban J connectivity index is 2.25. The van der Waals surface area contributed by atoms with Crippen LogP contribution in [-0.4, -0.2) is 7.05 Å². The molecule has 0 saturated heterocycles. The SMILES string of the molecule is Cc1cccc(CN(C)c2cc(F)c(Br)cc2N)c1. The van der Waals surface area contributed by atoms with E-state index in [1.165, 1.54) is 17.2 Å². The van der Waals surface area contributed by atoms with E-state index in [0.29, 0.717) is 22.4 Å². The average molecular weight is 323 g/mol. The van der Waals surface area contributed by atoms with Gasteiger partial charge in [-0.2, -0.15) is 0 Å². The van der Waals surface area contributed by atoms with Crippen LogP contribution in [0.15, 0.2) is 40.9 Å². The molecule has 0 aliphatic carbocycles. The number of hydrogen-bond acceptors (Lipinski definition) is 2. The number of halogens is 2. The lowest BCUT2D eigenvalue weighted by molar-refractivity contribution is 0.620. The smallest absolute Gasteiger partial charge is 0.139 e. The Kier molecular flexibility index (Phi) is 4.10. The number of benzene rings is 2. The molecule has 0 amide bonds. The van der Waals surface area contributed by atoms with Gasteiger partial charge >= 0.3 is 0 Å². The van der Waals surface area contributed by atoms with Crippen molar-refractivity contribution in [2.75, 3.05) is 17.7 Å². The molecule has 2 N–H and O–H groups in total. The van der Waals surface area contributed by atoms with Gasteiger partial charge in [0, 0.05) is 19.7 Å². The summed E-state index contributed by atoms with van der Waals surface area (Å²) in [5.41, 5.74) is 9.57.